The minimum atomic E-state index is -0.989. The lowest BCUT2D eigenvalue weighted by atomic mass is 9.91. The van der Waals surface area contributed by atoms with Gasteiger partial charge in [-0.3, -0.25) is 14.9 Å². The number of urea groups is 1. The van der Waals surface area contributed by atoms with Gasteiger partial charge in [0.25, 0.3) is 5.69 Å². The van der Waals surface area contributed by atoms with Crippen molar-refractivity contribution in [3.8, 4) is 0 Å². The van der Waals surface area contributed by atoms with E-state index in [4.69, 9.17) is 5.11 Å². The molecule has 1 aromatic carbocycles. The van der Waals surface area contributed by atoms with Gasteiger partial charge in [0.15, 0.2) is 0 Å². The number of halogens is 1. The van der Waals surface area contributed by atoms with Crippen molar-refractivity contribution in [1.29, 1.82) is 0 Å². The number of rotatable bonds is 3. The van der Waals surface area contributed by atoms with Crippen LogP contribution in [0.2, 0.25) is 0 Å². The molecule has 1 aliphatic rings. The summed E-state index contributed by atoms with van der Waals surface area (Å²) in [5.41, 5.74) is -0.561. The Morgan fingerprint density at radius 3 is 2.67 bits per heavy atom. The highest BCUT2D eigenvalue weighted by Crippen LogP contribution is 2.29. The Morgan fingerprint density at radius 2 is 2.08 bits per heavy atom. The zero-order valence-corrected chi connectivity index (χ0v) is 13.3. The fraction of sp³-hybridized carbons (Fsp3) is 0.467. The molecule has 2 N–H and O–H groups in total. The van der Waals surface area contributed by atoms with E-state index >= 15 is 0 Å². The predicted octanol–water partition coefficient (Wildman–Crippen LogP) is 2.62. The van der Waals surface area contributed by atoms with Crippen molar-refractivity contribution >= 4 is 23.4 Å². The molecule has 9 heteroatoms. The lowest BCUT2D eigenvalue weighted by Crippen LogP contribution is -2.47. The number of nitrogens with one attached hydrogen (secondary N) is 1. The molecule has 2 atom stereocenters. The zero-order valence-electron chi connectivity index (χ0n) is 13.3. The highest BCUT2D eigenvalue weighted by Gasteiger charge is 2.32. The van der Waals surface area contributed by atoms with Crippen molar-refractivity contribution in [1.82, 2.24) is 4.90 Å². The molecule has 2 unspecified atom stereocenters. The van der Waals surface area contributed by atoms with E-state index < -0.39 is 28.7 Å². The van der Waals surface area contributed by atoms with Gasteiger partial charge in [-0.2, -0.15) is 0 Å². The highest BCUT2D eigenvalue weighted by atomic mass is 19.1. The monoisotopic (exact) mass is 339 g/mol. The number of benzene rings is 1. The van der Waals surface area contributed by atoms with Crippen LogP contribution >= 0.6 is 0 Å². The Bertz CT molecular complexity index is 694. The molecule has 8 nitrogen and oxygen atoms in total. The Labute approximate surface area is 137 Å². The second-order valence-electron chi connectivity index (χ2n) is 6.03. The number of nitro groups is 1. The van der Waals surface area contributed by atoms with Crippen LogP contribution in [0.4, 0.5) is 20.6 Å². The molecule has 2 rings (SSSR count). The van der Waals surface area contributed by atoms with Gasteiger partial charge < -0.3 is 15.3 Å². The smallest absolute Gasteiger partial charge is 0.321 e. The van der Waals surface area contributed by atoms with E-state index in [1.807, 2.05) is 6.92 Å². The zero-order chi connectivity index (χ0) is 18.0. The van der Waals surface area contributed by atoms with Gasteiger partial charge in [0.2, 0.25) is 0 Å². The maximum atomic E-state index is 14.0. The number of nitro benzene ring substituents is 1. The van der Waals surface area contributed by atoms with Crippen molar-refractivity contribution in [2.75, 3.05) is 18.4 Å². The number of amides is 2. The van der Waals surface area contributed by atoms with Crippen LogP contribution in [0.15, 0.2) is 12.1 Å². The second kappa shape index (κ2) is 6.81. The molecular weight excluding hydrogens is 321 g/mol. The van der Waals surface area contributed by atoms with Crippen molar-refractivity contribution in [3.05, 3.63) is 33.6 Å². The van der Waals surface area contributed by atoms with E-state index in [0.29, 0.717) is 13.0 Å². The Morgan fingerprint density at radius 1 is 1.42 bits per heavy atom. The van der Waals surface area contributed by atoms with E-state index in [1.54, 1.807) is 0 Å². The maximum Gasteiger partial charge on any atom is 0.321 e. The molecule has 1 fully saturated rings. The summed E-state index contributed by atoms with van der Waals surface area (Å²) in [7, 11) is 0. The Balaban J connectivity index is 2.22. The molecule has 0 aliphatic carbocycles. The van der Waals surface area contributed by atoms with Crippen LogP contribution in [0.3, 0.4) is 0 Å². The summed E-state index contributed by atoms with van der Waals surface area (Å²) < 4.78 is 14.0. The molecular formula is C15H18FN3O5. The normalized spacial score (nSPS) is 20.5. The first kappa shape index (κ1) is 17.6. The number of aliphatic carboxylic acids is 1. The minimum absolute atomic E-state index is 0.00759. The number of carboxylic acid groups (broad SMARTS) is 1. The first-order valence-electron chi connectivity index (χ1n) is 7.43. The number of carbonyl (C=O) groups excluding carboxylic acids is 1. The molecule has 130 valence electrons. The van der Waals surface area contributed by atoms with Gasteiger partial charge >= 0.3 is 12.0 Å². The van der Waals surface area contributed by atoms with Crippen molar-refractivity contribution in [2.24, 2.45) is 11.8 Å². The number of carbonyl (C=O) groups is 2. The molecule has 1 aliphatic heterocycles. The Hall–Kier alpha value is -2.71. The maximum absolute atomic E-state index is 14.0. The summed E-state index contributed by atoms with van der Waals surface area (Å²) in [6.07, 6.45) is 0.462. The quantitative estimate of drug-likeness (QED) is 0.649. The lowest BCUT2D eigenvalue weighted by Gasteiger charge is -2.34. The molecule has 1 heterocycles. The second-order valence-corrected chi connectivity index (χ2v) is 6.03. The number of piperidine rings is 1. The average molecular weight is 339 g/mol. The van der Waals surface area contributed by atoms with E-state index in [1.165, 1.54) is 11.8 Å². The van der Waals surface area contributed by atoms with Crippen LogP contribution in [0.25, 0.3) is 0 Å². The largest absolute Gasteiger partial charge is 0.481 e. The van der Waals surface area contributed by atoms with Gasteiger partial charge in [-0.1, -0.05) is 6.92 Å². The van der Waals surface area contributed by atoms with Gasteiger partial charge in [0.1, 0.15) is 5.82 Å². The summed E-state index contributed by atoms with van der Waals surface area (Å²) in [6.45, 7) is 3.52. The van der Waals surface area contributed by atoms with Crippen molar-refractivity contribution in [3.63, 3.8) is 0 Å². The first-order valence-corrected chi connectivity index (χ1v) is 7.43. The van der Waals surface area contributed by atoms with Gasteiger partial charge in [-0.15, -0.1) is 0 Å². The van der Waals surface area contributed by atoms with E-state index in [-0.39, 0.29) is 29.4 Å². The molecule has 2 amide bonds. The minimum Gasteiger partial charge on any atom is -0.481 e. The van der Waals surface area contributed by atoms with Gasteiger partial charge in [0, 0.05) is 19.2 Å². The predicted molar refractivity (Wildman–Crippen MR) is 83.3 cm³/mol. The number of hydrogen-bond donors (Lipinski definition) is 2. The van der Waals surface area contributed by atoms with Crippen LogP contribution in [0.1, 0.15) is 18.9 Å². The molecule has 0 bridgehead atoms. The summed E-state index contributed by atoms with van der Waals surface area (Å²) in [5.74, 6) is -2.47. The van der Waals surface area contributed by atoms with Crippen molar-refractivity contribution < 1.29 is 24.0 Å². The van der Waals surface area contributed by atoms with Crippen LogP contribution in [-0.2, 0) is 4.79 Å². The molecule has 0 saturated carbocycles. The first-order chi connectivity index (χ1) is 11.2. The van der Waals surface area contributed by atoms with Gasteiger partial charge in [-0.25, -0.2) is 9.18 Å². The van der Waals surface area contributed by atoms with Crippen LogP contribution in [0, 0.1) is 34.7 Å². The fourth-order valence-electron chi connectivity index (χ4n) is 2.90. The fourth-order valence-corrected chi connectivity index (χ4v) is 2.90. The topological polar surface area (TPSA) is 113 Å². The third-order valence-corrected chi connectivity index (χ3v) is 4.11. The highest BCUT2D eigenvalue weighted by molar-refractivity contribution is 5.91. The number of carboxylic acids is 1. The van der Waals surface area contributed by atoms with Crippen molar-refractivity contribution in [2.45, 2.75) is 20.3 Å². The van der Waals surface area contributed by atoms with E-state index in [2.05, 4.69) is 5.32 Å². The molecule has 24 heavy (non-hydrogen) atoms. The van der Waals surface area contributed by atoms with Gasteiger partial charge in [-0.05, 0) is 25.3 Å². The standard InChI is InChI=1S/C15H18FN3O5/c1-8-5-10(14(20)21)7-18(6-8)15(22)17-13-9(2)12(19(23)24)4-3-11(13)16/h3-4,8,10H,5-7H2,1-2H3,(H,17,22)(H,20,21). The lowest BCUT2D eigenvalue weighted by molar-refractivity contribution is -0.385. The van der Waals surface area contributed by atoms with Gasteiger partial charge in [0.05, 0.1) is 22.1 Å². The van der Waals surface area contributed by atoms with E-state index in [9.17, 15) is 24.1 Å². The molecule has 0 aromatic heterocycles. The summed E-state index contributed by atoms with van der Waals surface area (Å²) in [6, 6.07) is 1.28. The third kappa shape index (κ3) is 3.61. The third-order valence-electron chi connectivity index (χ3n) is 4.11. The molecule has 1 saturated heterocycles. The average Bonchev–Trinajstić information content (AvgIpc) is 2.50. The molecule has 0 spiro atoms. The number of likely N-dealkylation sites (tertiary alicyclic amines) is 1. The molecule has 0 radical (unpaired) electrons. The Kier molecular flexibility index (Phi) is 5.01. The SMILES string of the molecule is Cc1c([N+](=O)[O-])ccc(F)c1NC(=O)N1CC(C)CC(C(=O)O)C1. The summed E-state index contributed by atoms with van der Waals surface area (Å²) in [5, 5.41) is 22.4. The van der Waals surface area contributed by atoms with E-state index in [0.717, 1.165) is 12.1 Å². The number of nitrogens with zero attached hydrogens (tertiary/aromatic N) is 2. The molecule has 1 aromatic rings. The number of hydrogen-bond acceptors (Lipinski definition) is 4. The van der Waals surface area contributed by atoms with Crippen LogP contribution < -0.4 is 5.32 Å². The summed E-state index contributed by atoms with van der Waals surface area (Å²) in [4.78, 5) is 35.1. The van der Waals surface area contributed by atoms with Crippen LogP contribution in [-0.4, -0.2) is 40.0 Å². The van der Waals surface area contributed by atoms with Crippen LogP contribution in [0.5, 0.6) is 0 Å². The summed E-state index contributed by atoms with van der Waals surface area (Å²) >= 11 is 0. The number of anilines is 1.